The number of hydrogen-bond donors (Lipinski definition) is 2. The Labute approximate surface area is 108 Å². The zero-order chi connectivity index (χ0) is 13.1. The number of nitrogens with zero attached hydrogens (tertiary/aromatic N) is 1. The van der Waals surface area contributed by atoms with Gasteiger partial charge in [0, 0.05) is 11.8 Å². The number of nitrogens with one attached hydrogen (secondary N) is 2. The Morgan fingerprint density at radius 3 is 2.89 bits per heavy atom. The minimum atomic E-state index is -0.563. The van der Waals surface area contributed by atoms with Crippen LogP contribution in [0.1, 0.15) is 12.8 Å². The van der Waals surface area contributed by atoms with E-state index in [1.165, 1.54) is 18.2 Å². The van der Waals surface area contributed by atoms with Crippen molar-refractivity contribution in [1.82, 2.24) is 5.32 Å². The average molecular weight is 270 g/mol. The van der Waals surface area contributed by atoms with E-state index >= 15 is 0 Å². The number of halogens is 1. The Hall–Kier alpha value is -1.66. The summed E-state index contributed by atoms with van der Waals surface area (Å²) in [5, 5.41) is 16.3. The van der Waals surface area contributed by atoms with E-state index in [1.54, 1.807) is 0 Å². The number of rotatable bonds is 3. The molecule has 0 radical (unpaired) electrons. The summed E-state index contributed by atoms with van der Waals surface area (Å²) < 4.78 is 0. The zero-order valence-electron chi connectivity index (χ0n) is 9.48. The molecule has 1 aromatic carbocycles. The lowest BCUT2D eigenvalue weighted by Gasteiger charge is -2.11. The maximum absolute atomic E-state index is 11.8. The highest BCUT2D eigenvalue weighted by Crippen LogP contribution is 2.27. The Balaban J connectivity index is 2.07. The molecule has 1 fully saturated rings. The molecule has 0 aliphatic carbocycles. The predicted molar refractivity (Wildman–Crippen MR) is 67.8 cm³/mol. The fraction of sp³-hybridized carbons (Fsp3) is 0.364. The Morgan fingerprint density at radius 1 is 1.56 bits per heavy atom. The quantitative estimate of drug-likeness (QED) is 0.649. The van der Waals surface area contributed by atoms with Crippen LogP contribution in [0, 0.1) is 10.1 Å². The summed E-state index contributed by atoms with van der Waals surface area (Å²) >= 11 is 5.76. The van der Waals surface area contributed by atoms with Crippen LogP contribution in [-0.4, -0.2) is 23.4 Å². The minimum absolute atomic E-state index is 0.0113. The number of nitro groups is 1. The third-order valence-electron chi connectivity index (χ3n) is 2.79. The molecule has 96 valence electrons. The zero-order valence-corrected chi connectivity index (χ0v) is 10.2. The van der Waals surface area contributed by atoms with Crippen molar-refractivity contribution in [2.45, 2.75) is 18.9 Å². The molecule has 18 heavy (non-hydrogen) atoms. The van der Waals surface area contributed by atoms with Gasteiger partial charge in [-0.15, -0.1) is 0 Å². The van der Waals surface area contributed by atoms with Gasteiger partial charge in [-0.25, -0.2) is 0 Å². The fourth-order valence-corrected chi connectivity index (χ4v) is 2.12. The summed E-state index contributed by atoms with van der Waals surface area (Å²) in [6.45, 7) is 0.832. The summed E-state index contributed by atoms with van der Waals surface area (Å²) in [5.41, 5.74) is 0.290. The second-order valence-electron chi connectivity index (χ2n) is 4.06. The van der Waals surface area contributed by atoms with Gasteiger partial charge in [-0.3, -0.25) is 14.9 Å². The number of anilines is 1. The number of hydrogen-bond acceptors (Lipinski definition) is 4. The van der Waals surface area contributed by atoms with Gasteiger partial charge in [0.15, 0.2) is 0 Å². The second-order valence-corrected chi connectivity index (χ2v) is 4.47. The van der Waals surface area contributed by atoms with E-state index in [9.17, 15) is 14.9 Å². The average Bonchev–Trinajstić information content (AvgIpc) is 2.81. The third-order valence-corrected chi connectivity index (χ3v) is 3.09. The van der Waals surface area contributed by atoms with Crippen molar-refractivity contribution >= 4 is 28.9 Å². The fourth-order valence-electron chi connectivity index (χ4n) is 1.87. The van der Waals surface area contributed by atoms with Gasteiger partial charge in [-0.1, -0.05) is 11.6 Å². The molecular weight excluding hydrogens is 258 g/mol. The van der Waals surface area contributed by atoms with Crippen LogP contribution in [0.5, 0.6) is 0 Å². The lowest BCUT2D eigenvalue weighted by atomic mass is 10.2. The monoisotopic (exact) mass is 269 g/mol. The van der Waals surface area contributed by atoms with E-state index in [0.29, 0.717) is 5.69 Å². The van der Waals surface area contributed by atoms with E-state index in [-0.39, 0.29) is 22.7 Å². The molecule has 0 spiro atoms. The first-order valence-corrected chi connectivity index (χ1v) is 5.94. The third kappa shape index (κ3) is 2.77. The van der Waals surface area contributed by atoms with E-state index in [4.69, 9.17) is 11.6 Å². The lowest BCUT2D eigenvalue weighted by Crippen LogP contribution is -2.35. The maximum atomic E-state index is 11.8. The van der Waals surface area contributed by atoms with Gasteiger partial charge in [0.2, 0.25) is 5.91 Å². The molecule has 1 aliphatic heterocycles. The van der Waals surface area contributed by atoms with Crippen molar-refractivity contribution in [3.8, 4) is 0 Å². The van der Waals surface area contributed by atoms with Crippen LogP contribution in [0.25, 0.3) is 0 Å². The molecule has 2 rings (SSSR count). The van der Waals surface area contributed by atoms with Crippen LogP contribution in [0.2, 0.25) is 5.02 Å². The van der Waals surface area contributed by atoms with Gasteiger partial charge in [0.1, 0.15) is 5.02 Å². The molecule has 0 saturated carbocycles. The van der Waals surface area contributed by atoms with Gasteiger partial charge in [-0.2, -0.15) is 0 Å². The Morgan fingerprint density at radius 2 is 2.33 bits per heavy atom. The van der Waals surface area contributed by atoms with Gasteiger partial charge in [0.05, 0.1) is 11.0 Å². The lowest BCUT2D eigenvalue weighted by molar-refractivity contribution is -0.384. The molecule has 1 atom stereocenters. The topological polar surface area (TPSA) is 84.3 Å². The van der Waals surface area contributed by atoms with Crippen molar-refractivity contribution in [2.24, 2.45) is 0 Å². The van der Waals surface area contributed by atoms with Crippen molar-refractivity contribution in [1.29, 1.82) is 0 Å². The standard InChI is InChI=1S/C11H12ClN3O3/c12-8-6-7(3-4-10(8)15(17)18)14-11(16)9-2-1-5-13-9/h3-4,6,9,13H,1-2,5H2,(H,14,16)/t9-/m0/s1. The first kappa shape index (κ1) is 12.8. The molecule has 1 aliphatic rings. The minimum Gasteiger partial charge on any atom is -0.325 e. The first-order chi connectivity index (χ1) is 8.58. The van der Waals surface area contributed by atoms with Crippen molar-refractivity contribution < 1.29 is 9.72 Å². The van der Waals surface area contributed by atoms with E-state index in [0.717, 1.165) is 19.4 Å². The summed E-state index contributed by atoms with van der Waals surface area (Å²) in [4.78, 5) is 21.8. The predicted octanol–water partition coefficient (Wildman–Crippen LogP) is 1.94. The van der Waals surface area contributed by atoms with Crippen LogP contribution < -0.4 is 10.6 Å². The highest BCUT2D eigenvalue weighted by Gasteiger charge is 2.22. The molecule has 0 aromatic heterocycles. The van der Waals surface area contributed by atoms with E-state index in [2.05, 4.69) is 10.6 Å². The highest BCUT2D eigenvalue weighted by atomic mass is 35.5. The Bertz CT molecular complexity index is 486. The van der Waals surface area contributed by atoms with Crippen molar-refractivity contribution in [2.75, 3.05) is 11.9 Å². The van der Waals surface area contributed by atoms with Gasteiger partial charge < -0.3 is 10.6 Å². The van der Waals surface area contributed by atoms with Gasteiger partial charge >= 0.3 is 0 Å². The molecule has 1 aromatic rings. The van der Waals surface area contributed by atoms with Crippen LogP contribution in [0.3, 0.4) is 0 Å². The number of carbonyl (C=O) groups excluding carboxylic acids is 1. The normalized spacial score (nSPS) is 18.6. The highest BCUT2D eigenvalue weighted by molar-refractivity contribution is 6.33. The molecule has 6 nitrogen and oxygen atoms in total. The van der Waals surface area contributed by atoms with E-state index < -0.39 is 4.92 Å². The molecule has 1 heterocycles. The summed E-state index contributed by atoms with van der Waals surface area (Å²) in [6.07, 6.45) is 1.77. The number of amides is 1. The van der Waals surface area contributed by atoms with Gasteiger partial charge in [-0.05, 0) is 31.5 Å². The maximum Gasteiger partial charge on any atom is 0.288 e. The summed E-state index contributed by atoms with van der Waals surface area (Å²) in [5.74, 6) is -0.141. The molecular formula is C11H12ClN3O3. The molecule has 7 heteroatoms. The Kier molecular flexibility index (Phi) is 3.78. The number of nitro benzene ring substituents is 1. The van der Waals surface area contributed by atoms with Crippen LogP contribution in [0.4, 0.5) is 11.4 Å². The SMILES string of the molecule is O=C(Nc1ccc([N+](=O)[O-])c(Cl)c1)[C@@H]1CCCN1. The van der Waals surface area contributed by atoms with Crippen LogP contribution >= 0.6 is 11.6 Å². The van der Waals surface area contributed by atoms with Gasteiger partial charge in [0.25, 0.3) is 5.69 Å². The second kappa shape index (κ2) is 5.32. The molecule has 0 unspecified atom stereocenters. The van der Waals surface area contributed by atoms with Crippen LogP contribution in [-0.2, 0) is 4.79 Å². The molecule has 1 amide bonds. The van der Waals surface area contributed by atoms with E-state index in [1.807, 2.05) is 0 Å². The summed E-state index contributed by atoms with van der Waals surface area (Å²) in [7, 11) is 0. The molecule has 1 saturated heterocycles. The molecule has 0 bridgehead atoms. The smallest absolute Gasteiger partial charge is 0.288 e. The summed E-state index contributed by atoms with van der Waals surface area (Å²) in [6, 6.07) is 3.93. The first-order valence-electron chi connectivity index (χ1n) is 5.56. The van der Waals surface area contributed by atoms with Crippen molar-refractivity contribution in [3.05, 3.63) is 33.3 Å². The number of benzene rings is 1. The van der Waals surface area contributed by atoms with Crippen LogP contribution in [0.15, 0.2) is 18.2 Å². The largest absolute Gasteiger partial charge is 0.325 e. The van der Waals surface area contributed by atoms with Crippen molar-refractivity contribution in [3.63, 3.8) is 0 Å². The number of carbonyl (C=O) groups is 1. The molecule has 2 N–H and O–H groups in total.